The molecule has 1 N–H and O–H groups in total. The normalized spacial score (nSPS) is 21.3. The maximum Gasteiger partial charge on any atom is 0.243 e. The molecule has 2 amide bonds. The van der Waals surface area contributed by atoms with Gasteiger partial charge in [0.1, 0.15) is 0 Å². The number of rotatable bonds is 4. The molecule has 0 bridgehead atoms. The van der Waals surface area contributed by atoms with Crippen molar-refractivity contribution in [3.05, 3.63) is 24.3 Å². The van der Waals surface area contributed by atoms with Crippen LogP contribution >= 0.6 is 0 Å². The van der Waals surface area contributed by atoms with Crippen LogP contribution in [0.2, 0.25) is 0 Å². The second-order valence-corrected chi connectivity index (χ2v) is 10.8. The van der Waals surface area contributed by atoms with E-state index in [0.29, 0.717) is 51.5 Å². The molecule has 0 aliphatic carbocycles. The highest BCUT2D eigenvalue weighted by Crippen LogP contribution is 2.25. The monoisotopic (exact) mass is 437 g/mol. The van der Waals surface area contributed by atoms with E-state index in [9.17, 15) is 18.0 Å². The zero-order valence-electron chi connectivity index (χ0n) is 17.9. The average Bonchev–Trinajstić information content (AvgIpc) is 2.73. The summed E-state index contributed by atoms with van der Waals surface area (Å²) in [6, 6.07) is 6.32. The Morgan fingerprint density at radius 3 is 2.50 bits per heavy atom. The Labute approximate surface area is 178 Å². The molecule has 9 heteroatoms. The second kappa shape index (κ2) is 9.03. The number of piperidine rings is 1. The Balaban J connectivity index is 1.68. The number of carbonyl (C=O) groups is 2. The van der Waals surface area contributed by atoms with Crippen LogP contribution in [0.25, 0.3) is 0 Å². The van der Waals surface area contributed by atoms with Crippen molar-refractivity contribution in [3.8, 4) is 0 Å². The van der Waals surface area contributed by atoms with Crippen molar-refractivity contribution < 1.29 is 22.7 Å². The molecule has 0 radical (unpaired) electrons. The van der Waals surface area contributed by atoms with Gasteiger partial charge in [-0.25, -0.2) is 8.42 Å². The molecule has 3 rings (SSSR count). The van der Waals surface area contributed by atoms with Gasteiger partial charge >= 0.3 is 0 Å². The van der Waals surface area contributed by atoms with Crippen LogP contribution in [0.3, 0.4) is 0 Å². The van der Waals surface area contributed by atoms with Crippen LogP contribution in [-0.4, -0.2) is 68.8 Å². The van der Waals surface area contributed by atoms with E-state index in [-0.39, 0.29) is 22.6 Å². The molecule has 2 saturated heterocycles. The third-order valence-electron chi connectivity index (χ3n) is 5.43. The first-order chi connectivity index (χ1) is 14.1. The highest BCUT2D eigenvalue weighted by Gasteiger charge is 2.33. The number of amides is 2. The van der Waals surface area contributed by atoms with Crippen LogP contribution in [-0.2, 0) is 24.3 Å². The van der Waals surface area contributed by atoms with E-state index in [1.807, 2.05) is 20.8 Å². The van der Waals surface area contributed by atoms with E-state index in [1.54, 1.807) is 17.0 Å². The summed E-state index contributed by atoms with van der Waals surface area (Å²) in [6.45, 7) is 8.05. The molecule has 2 aliphatic heterocycles. The molecule has 1 unspecified atom stereocenters. The van der Waals surface area contributed by atoms with Gasteiger partial charge in [-0.3, -0.25) is 9.59 Å². The Hall–Kier alpha value is -1.97. The molecule has 1 aromatic carbocycles. The number of hydrogen-bond acceptors (Lipinski definition) is 5. The minimum absolute atomic E-state index is 0.0404. The predicted octanol–water partition coefficient (Wildman–Crippen LogP) is 1.93. The summed E-state index contributed by atoms with van der Waals surface area (Å²) in [5, 5.41) is 2.84. The first-order valence-corrected chi connectivity index (χ1v) is 11.8. The molecule has 0 aromatic heterocycles. The minimum Gasteiger partial charge on any atom is -0.379 e. The fourth-order valence-corrected chi connectivity index (χ4v) is 5.22. The number of nitrogens with zero attached hydrogens (tertiary/aromatic N) is 2. The van der Waals surface area contributed by atoms with Crippen LogP contribution in [0.1, 0.15) is 33.6 Å². The predicted molar refractivity (Wildman–Crippen MR) is 113 cm³/mol. The van der Waals surface area contributed by atoms with Gasteiger partial charge in [0.2, 0.25) is 21.8 Å². The highest BCUT2D eigenvalue weighted by atomic mass is 32.2. The molecule has 1 atom stereocenters. The van der Waals surface area contributed by atoms with Gasteiger partial charge in [-0.15, -0.1) is 0 Å². The quantitative estimate of drug-likeness (QED) is 0.777. The first-order valence-electron chi connectivity index (χ1n) is 10.4. The minimum atomic E-state index is -3.63. The fraction of sp³-hybridized carbons (Fsp3) is 0.619. The van der Waals surface area contributed by atoms with Crippen LogP contribution < -0.4 is 5.32 Å². The van der Waals surface area contributed by atoms with Crippen molar-refractivity contribution in [1.29, 1.82) is 0 Å². The first kappa shape index (κ1) is 22.7. The van der Waals surface area contributed by atoms with Gasteiger partial charge in [0, 0.05) is 37.3 Å². The van der Waals surface area contributed by atoms with Gasteiger partial charge in [-0.1, -0.05) is 26.8 Å². The molecule has 0 spiro atoms. The van der Waals surface area contributed by atoms with Gasteiger partial charge in [-0.2, -0.15) is 4.31 Å². The van der Waals surface area contributed by atoms with Crippen molar-refractivity contribution in [1.82, 2.24) is 9.21 Å². The molecule has 1 aromatic rings. The van der Waals surface area contributed by atoms with Gasteiger partial charge in [0.15, 0.2) is 0 Å². The number of nitrogens with one attached hydrogen (secondary N) is 1. The Morgan fingerprint density at radius 2 is 1.83 bits per heavy atom. The molecule has 2 fully saturated rings. The van der Waals surface area contributed by atoms with Crippen molar-refractivity contribution in [2.45, 2.75) is 38.5 Å². The maximum absolute atomic E-state index is 12.9. The Bertz CT molecular complexity index is 888. The van der Waals surface area contributed by atoms with Gasteiger partial charge in [-0.05, 0) is 31.0 Å². The molecule has 8 nitrogen and oxygen atoms in total. The Morgan fingerprint density at radius 1 is 1.13 bits per heavy atom. The largest absolute Gasteiger partial charge is 0.379 e. The molecular formula is C21H31N3O5S. The number of anilines is 1. The van der Waals surface area contributed by atoms with E-state index in [0.717, 1.165) is 6.42 Å². The molecule has 0 saturated carbocycles. The summed E-state index contributed by atoms with van der Waals surface area (Å²) >= 11 is 0. The summed E-state index contributed by atoms with van der Waals surface area (Å²) < 4.78 is 32.3. The molecule has 166 valence electrons. The SMILES string of the molecule is CC(C)(C)C(=O)N1CCCC(C(=O)Nc2cccc(S(=O)(=O)N3CCOCC3)c2)C1. The summed E-state index contributed by atoms with van der Waals surface area (Å²) in [7, 11) is -3.63. The smallest absolute Gasteiger partial charge is 0.243 e. The van der Waals surface area contributed by atoms with Crippen LogP contribution in [0.5, 0.6) is 0 Å². The van der Waals surface area contributed by atoms with E-state index in [4.69, 9.17) is 4.74 Å². The molecular weight excluding hydrogens is 406 g/mol. The fourth-order valence-electron chi connectivity index (χ4n) is 3.76. The Kier molecular flexibility index (Phi) is 6.84. The third kappa shape index (κ3) is 5.19. The number of benzene rings is 1. The molecule has 2 aliphatic rings. The summed E-state index contributed by atoms with van der Waals surface area (Å²) in [4.78, 5) is 27.3. The second-order valence-electron chi connectivity index (χ2n) is 8.87. The number of morpholine rings is 1. The number of hydrogen-bond donors (Lipinski definition) is 1. The number of ether oxygens (including phenoxy) is 1. The van der Waals surface area contributed by atoms with Gasteiger partial charge in [0.25, 0.3) is 0 Å². The van der Waals surface area contributed by atoms with Gasteiger partial charge in [0.05, 0.1) is 24.0 Å². The van der Waals surface area contributed by atoms with Gasteiger partial charge < -0.3 is 15.0 Å². The van der Waals surface area contributed by atoms with E-state index >= 15 is 0 Å². The van der Waals surface area contributed by atoms with Crippen LogP contribution in [0.4, 0.5) is 5.69 Å². The zero-order valence-corrected chi connectivity index (χ0v) is 18.7. The highest BCUT2D eigenvalue weighted by molar-refractivity contribution is 7.89. The van der Waals surface area contributed by atoms with Crippen LogP contribution in [0, 0.1) is 11.3 Å². The van der Waals surface area contributed by atoms with Crippen molar-refractivity contribution >= 4 is 27.5 Å². The number of sulfonamides is 1. The maximum atomic E-state index is 12.9. The van der Waals surface area contributed by atoms with Crippen molar-refractivity contribution in [2.24, 2.45) is 11.3 Å². The standard InChI is InChI=1S/C21H31N3O5S/c1-21(2,3)20(26)23-9-5-6-16(15-23)19(25)22-17-7-4-8-18(14-17)30(27,28)24-10-12-29-13-11-24/h4,7-8,14,16H,5-6,9-13,15H2,1-3H3,(H,22,25). The van der Waals surface area contributed by atoms with Crippen molar-refractivity contribution in [3.63, 3.8) is 0 Å². The number of carbonyl (C=O) groups excluding carboxylic acids is 2. The van der Waals surface area contributed by atoms with E-state index in [1.165, 1.54) is 16.4 Å². The average molecular weight is 438 g/mol. The lowest BCUT2D eigenvalue weighted by Gasteiger charge is -2.35. The lowest BCUT2D eigenvalue weighted by molar-refractivity contribution is -0.142. The topological polar surface area (TPSA) is 96.0 Å². The molecule has 30 heavy (non-hydrogen) atoms. The van der Waals surface area contributed by atoms with E-state index < -0.39 is 15.4 Å². The lowest BCUT2D eigenvalue weighted by Crippen LogP contribution is -2.47. The summed E-state index contributed by atoms with van der Waals surface area (Å²) in [6.07, 6.45) is 1.47. The number of likely N-dealkylation sites (tertiary alicyclic amines) is 1. The van der Waals surface area contributed by atoms with E-state index in [2.05, 4.69) is 5.32 Å². The summed E-state index contributed by atoms with van der Waals surface area (Å²) in [5.41, 5.74) is -0.0470. The van der Waals surface area contributed by atoms with Crippen LogP contribution in [0.15, 0.2) is 29.2 Å². The third-order valence-corrected chi connectivity index (χ3v) is 7.33. The van der Waals surface area contributed by atoms with Crippen molar-refractivity contribution in [2.75, 3.05) is 44.7 Å². The zero-order chi connectivity index (χ0) is 21.9. The molecule has 2 heterocycles. The lowest BCUT2D eigenvalue weighted by atomic mass is 9.91. The summed E-state index contributed by atoms with van der Waals surface area (Å²) in [5.74, 6) is -0.467.